The minimum atomic E-state index is -0.167. The summed E-state index contributed by atoms with van der Waals surface area (Å²) in [6, 6.07) is 27.4. The van der Waals surface area contributed by atoms with Crippen molar-refractivity contribution >= 4 is 34.6 Å². The maximum atomic E-state index is 6.40. The maximum absolute atomic E-state index is 6.40. The Labute approximate surface area is 195 Å². The van der Waals surface area contributed by atoms with Crippen LogP contribution in [0.25, 0.3) is 0 Å². The summed E-state index contributed by atoms with van der Waals surface area (Å²) in [6.07, 6.45) is -0.167. The first-order valence-electron chi connectivity index (χ1n) is 10.6. The van der Waals surface area contributed by atoms with Crippen molar-refractivity contribution in [2.45, 2.75) is 38.6 Å². The van der Waals surface area contributed by atoms with E-state index in [-0.39, 0.29) is 18.2 Å². The average molecular weight is 457 g/mol. The second-order valence-corrected chi connectivity index (χ2v) is 8.44. The Morgan fingerprint density at radius 3 is 1.55 bits per heavy atom. The SMILES string of the molecule is CC(CCl)Nc1ccc(C(OCc2ccccc2)c2ccc(NC(C)CCl)cc2)cc1. The Kier molecular flexibility index (Phi) is 9.08. The van der Waals surface area contributed by atoms with Crippen molar-refractivity contribution in [3.05, 3.63) is 95.6 Å². The molecule has 0 heterocycles. The van der Waals surface area contributed by atoms with Crippen molar-refractivity contribution in [1.82, 2.24) is 0 Å². The summed E-state index contributed by atoms with van der Waals surface area (Å²) in [7, 11) is 0. The third kappa shape index (κ3) is 7.17. The minimum absolute atomic E-state index is 0.167. The lowest BCUT2D eigenvalue weighted by Gasteiger charge is -2.21. The van der Waals surface area contributed by atoms with Crippen LogP contribution in [0.15, 0.2) is 78.9 Å². The molecule has 0 saturated heterocycles. The molecule has 2 atom stereocenters. The first-order valence-corrected chi connectivity index (χ1v) is 11.7. The zero-order chi connectivity index (χ0) is 22.1. The maximum Gasteiger partial charge on any atom is 0.108 e. The van der Waals surface area contributed by atoms with Gasteiger partial charge < -0.3 is 15.4 Å². The van der Waals surface area contributed by atoms with Gasteiger partial charge in [-0.1, -0.05) is 54.6 Å². The molecule has 0 fully saturated rings. The van der Waals surface area contributed by atoms with Crippen molar-refractivity contribution < 1.29 is 4.74 Å². The highest BCUT2D eigenvalue weighted by molar-refractivity contribution is 6.18. The molecular formula is C26H30Cl2N2O. The first kappa shape index (κ1) is 23.5. The summed E-state index contributed by atoms with van der Waals surface area (Å²) in [6.45, 7) is 4.67. The van der Waals surface area contributed by atoms with Crippen LogP contribution in [0.3, 0.4) is 0 Å². The van der Waals surface area contributed by atoms with E-state index in [1.54, 1.807) is 0 Å². The van der Waals surface area contributed by atoms with E-state index in [0.29, 0.717) is 18.4 Å². The van der Waals surface area contributed by atoms with Gasteiger partial charge in [0.25, 0.3) is 0 Å². The molecule has 2 N–H and O–H groups in total. The Bertz CT molecular complexity index is 845. The quantitative estimate of drug-likeness (QED) is 0.302. The Morgan fingerprint density at radius 2 is 1.13 bits per heavy atom. The average Bonchev–Trinajstić information content (AvgIpc) is 2.81. The van der Waals surface area contributed by atoms with Gasteiger partial charge in [0, 0.05) is 35.2 Å². The molecule has 0 aromatic heterocycles. The van der Waals surface area contributed by atoms with Crippen molar-refractivity contribution in [1.29, 1.82) is 0 Å². The monoisotopic (exact) mass is 456 g/mol. The molecule has 3 nitrogen and oxygen atoms in total. The summed E-state index contributed by atoms with van der Waals surface area (Å²) in [5, 5.41) is 6.79. The van der Waals surface area contributed by atoms with Crippen LogP contribution in [-0.4, -0.2) is 23.8 Å². The molecule has 3 rings (SSSR count). The van der Waals surface area contributed by atoms with Crippen LogP contribution in [0.4, 0.5) is 11.4 Å². The molecule has 0 aliphatic heterocycles. The van der Waals surface area contributed by atoms with Crippen LogP contribution in [0.2, 0.25) is 0 Å². The molecule has 0 bridgehead atoms. The van der Waals surface area contributed by atoms with E-state index in [1.165, 1.54) is 0 Å². The topological polar surface area (TPSA) is 33.3 Å². The van der Waals surface area contributed by atoms with Crippen molar-refractivity contribution in [3.8, 4) is 0 Å². The predicted molar refractivity (Wildman–Crippen MR) is 134 cm³/mol. The van der Waals surface area contributed by atoms with E-state index in [4.69, 9.17) is 27.9 Å². The zero-order valence-corrected chi connectivity index (χ0v) is 19.5. The van der Waals surface area contributed by atoms with Gasteiger partial charge >= 0.3 is 0 Å². The van der Waals surface area contributed by atoms with E-state index in [1.807, 2.05) is 18.2 Å². The highest BCUT2D eigenvalue weighted by atomic mass is 35.5. The lowest BCUT2D eigenvalue weighted by atomic mass is 10.0. The number of halogens is 2. The Morgan fingerprint density at radius 1 is 0.677 bits per heavy atom. The van der Waals surface area contributed by atoms with Crippen molar-refractivity contribution in [2.24, 2.45) is 0 Å². The predicted octanol–water partition coefficient (Wildman–Crippen LogP) is 7.07. The van der Waals surface area contributed by atoms with Crippen LogP contribution in [0.5, 0.6) is 0 Å². The molecule has 3 aromatic carbocycles. The number of hydrogen-bond acceptors (Lipinski definition) is 3. The second-order valence-electron chi connectivity index (χ2n) is 7.82. The lowest BCUT2D eigenvalue weighted by Crippen LogP contribution is -2.16. The largest absolute Gasteiger partial charge is 0.381 e. The summed E-state index contributed by atoms with van der Waals surface area (Å²) in [4.78, 5) is 0. The molecule has 5 heteroatoms. The molecule has 0 aliphatic rings. The molecule has 0 aliphatic carbocycles. The molecule has 0 radical (unpaired) electrons. The lowest BCUT2D eigenvalue weighted by molar-refractivity contribution is 0.0667. The molecule has 31 heavy (non-hydrogen) atoms. The zero-order valence-electron chi connectivity index (χ0n) is 18.0. The molecule has 164 valence electrons. The molecule has 0 spiro atoms. The van der Waals surface area contributed by atoms with E-state index in [9.17, 15) is 0 Å². The summed E-state index contributed by atoms with van der Waals surface area (Å²) >= 11 is 11.8. The van der Waals surface area contributed by atoms with E-state index in [2.05, 4.69) is 85.1 Å². The number of hydrogen-bond donors (Lipinski definition) is 2. The summed E-state index contributed by atoms with van der Waals surface area (Å²) < 4.78 is 6.40. The van der Waals surface area contributed by atoms with Gasteiger partial charge in [-0.05, 0) is 54.8 Å². The standard InChI is InChI=1S/C26H30Cl2N2O/c1-19(16-27)29-24-12-8-22(9-13-24)26(31-18-21-6-4-3-5-7-21)23-10-14-25(15-11-23)30-20(2)17-28/h3-15,19-20,26,29-30H,16-18H2,1-2H3. The highest BCUT2D eigenvalue weighted by Crippen LogP contribution is 2.29. The second kappa shape index (κ2) is 12.0. The van der Waals surface area contributed by atoms with Gasteiger partial charge in [-0.15, -0.1) is 23.2 Å². The number of ether oxygens (including phenoxy) is 1. The van der Waals surface area contributed by atoms with Gasteiger partial charge in [-0.25, -0.2) is 0 Å². The smallest absolute Gasteiger partial charge is 0.108 e. The summed E-state index contributed by atoms with van der Waals surface area (Å²) in [5.74, 6) is 1.13. The van der Waals surface area contributed by atoms with Crippen LogP contribution in [-0.2, 0) is 11.3 Å². The fourth-order valence-corrected chi connectivity index (χ4v) is 3.45. The van der Waals surface area contributed by atoms with Gasteiger partial charge in [-0.3, -0.25) is 0 Å². The fourth-order valence-electron chi connectivity index (χ4n) is 3.29. The number of alkyl halides is 2. The normalized spacial score (nSPS) is 13.9. The van der Waals surface area contributed by atoms with Crippen LogP contribution in [0.1, 0.15) is 36.6 Å². The van der Waals surface area contributed by atoms with E-state index in [0.717, 1.165) is 28.1 Å². The Balaban J connectivity index is 1.80. The number of nitrogens with one attached hydrogen (secondary N) is 2. The molecule has 3 aromatic rings. The van der Waals surface area contributed by atoms with Crippen LogP contribution >= 0.6 is 23.2 Å². The third-order valence-corrected chi connectivity index (χ3v) is 5.90. The number of rotatable bonds is 11. The van der Waals surface area contributed by atoms with Crippen LogP contribution < -0.4 is 10.6 Å². The summed E-state index contributed by atoms with van der Waals surface area (Å²) in [5.41, 5.74) is 5.46. The molecule has 0 saturated carbocycles. The van der Waals surface area contributed by atoms with Gasteiger partial charge in [-0.2, -0.15) is 0 Å². The Hall–Kier alpha value is -2.20. The highest BCUT2D eigenvalue weighted by Gasteiger charge is 2.16. The van der Waals surface area contributed by atoms with Gasteiger partial charge in [0.2, 0.25) is 0 Å². The van der Waals surface area contributed by atoms with E-state index >= 15 is 0 Å². The van der Waals surface area contributed by atoms with Gasteiger partial charge in [0.15, 0.2) is 0 Å². The minimum Gasteiger partial charge on any atom is -0.381 e. The molecule has 0 amide bonds. The number of anilines is 2. The molecule has 2 unspecified atom stereocenters. The first-order chi connectivity index (χ1) is 15.1. The third-order valence-electron chi connectivity index (χ3n) is 4.98. The van der Waals surface area contributed by atoms with Crippen molar-refractivity contribution in [3.63, 3.8) is 0 Å². The van der Waals surface area contributed by atoms with Crippen molar-refractivity contribution in [2.75, 3.05) is 22.4 Å². The van der Waals surface area contributed by atoms with Gasteiger partial charge in [0.1, 0.15) is 6.10 Å². The number of benzene rings is 3. The van der Waals surface area contributed by atoms with Crippen LogP contribution in [0, 0.1) is 0 Å². The van der Waals surface area contributed by atoms with E-state index < -0.39 is 0 Å². The fraction of sp³-hybridized carbons (Fsp3) is 0.308. The van der Waals surface area contributed by atoms with Gasteiger partial charge in [0.05, 0.1) is 6.61 Å². The molecular weight excluding hydrogens is 427 g/mol.